The van der Waals surface area contributed by atoms with E-state index in [0.29, 0.717) is 5.69 Å². The van der Waals surface area contributed by atoms with Gasteiger partial charge < -0.3 is 5.73 Å². The summed E-state index contributed by atoms with van der Waals surface area (Å²) in [7, 11) is 0. The molecule has 0 aliphatic rings. The average Bonchev–Trinajstić information content (AvgIpc) is 2.48. The van der Waals surface area contributed by atoms with Crippen molar-refractivity contribution >= 4 is 17.5 Å². The van der Waals surface area contributed by atoms with Gasteiger partial charge in [-0.3, -0.25) is 9.59 Å². The number of hydrogen-bond acceptors (Lipinski definition) is 5. The van der Waals surface area contributed by atoms with Gasteiger partial charge in [0.1, 0.15) is 0 Å². The van der Waals surface area contributed by atoms with Crippen molar-refractivity contribution in [3.63, 3.8) is 0 Å². The van der Waals surface area contributed by atoms with Crippen LogP contribution in [0.1, 0.15) is 20.7 Å². The number of nitro groups is 1. The molecule has 2 aromatic carbocycles. The van der Waals surface area contributed by atoms with Crippen LogP contribution >= 0.6 is 0 Å². The Morgan fingerprint density at radius 3 is 1.86 bits per heavy atom. The molecule has 0 unspecified atom stereocenters. The molecule has 106 valence electrons. The van der Waals surface area contributed by atoms with Crippen LogP contribution in [0.5, 0.6) is 0 Å². The summed E-state index contributed by atoms with van der Waals surface area (Å²) in [6.45, 7) is 0. The number of imide groups is 1. The van der Waals surface area contributed by atoms with Gasteiger partial charge in [0.2, 0.25) is 0 Å². The number of nitrogens with two attached hydrogens (primary N) is 1. The molecule has 0 spiro atoms. The Bertz CT molecular complexity index is 683. The van der Waals surface area contributed by atoms with E-state index in [4.69, 9.17) is 5.73 Å². The number of nitrogens with zero attached hydrogens (tertiary/aromatic N) is 2. The molecular formula is C14H11N3O4. The maximum absolute atomic E-state index is 12.1. The van der Waals surface area contributed by atoms with Crippen molar-refractivity contribution in [1.82, 2.24) is 5.01 Å². The number of carbonyl (C=O) groups is 2. The Kier molecular flexibility index (Phi) is 3.94. The van der Waals surface area contributed by atoms with E-state index in [1.54, 1.807) is 18.2 Å². The van der Waals surface area contributed by atoms with Crippen LogP contribution in [0.15, 0.2) is 54.6 Å². The van der Waals surface area contributed by atoms with Crippen LogP contribution in [0, 0.1) is 10.1 Å². The second-order valence-electron chi connectivity index (χ2n) is 4.15. The second kappa shape index (κ2) is 5.83. The van der Waals surface area contributed by atoms with Crippen molar-refractivity contribution in [2.75, 3.05) is 5.73 Å². The Balaban J connectivity index is 2.35. The summed E-state index contributed by atoms with van der Waals surface area (Å²) in [6.07, 6.45) is 0. The maximum atomic E-state index is 12.1. The lowest BCUT2D eigenvalue weighted by molar-refractivity contribution is -0.609. The first-order chi connectivity index (χ1) is 10.0. The minimum absolute atomic E-state index is 0.00480. The third-order valence-corrected chi connectivity index (χ3v) is 2.73. The largest absolute Gasteiger partial charge is 0.399 e. The van der Waals surface area contributed by atoms with Gasteiger partial charge in [0.15, 0.2) is 5.03 Å². The lowest BCUT2D eigenvalue weighted by atomic mass is 10.1. The molecule has 0 aromatic heterocycles. The third kappa shape index (κ3) is 3.03. The number of rotatable bonds is 3. The van der Waals surface area contributed by atoms with Crippen molar-refractivity contribution in [3.8, 4) is 0 Å². The zero-order chi connectivity index (χ0) is 15.4. The first-order valence-electron chi connectivity index (χ1n) is 5.94. The molecule has 2 N–H and O–H groups in total. The van der Waals surface area contributed by atoms with Crippen molar-refractivity contribution < 1.29 is 14.6 Å². The van der Waals surface area contributed by atoms with E-state index in [1.165, 1.54) is 36.4 Å². The zero-order valence-corrected chi connectivity index (χ0v) is 10.8. The Labute approximate surface area is 119 Å². The van der Waals surface area contributed by atoms with Crippen LogP contribution in [0.2, 0.25) is 0 Å². The Hall–Kier alpha value is -3.22. The molecule has 0 aliphatic heterocycles. The number of carbonyl (C=O) groups excluding carboxylic acids is 2. The third-order valence-electron chi connectivity index (χ3n) is 2.73. The van der Waals surface area contributed by atoms with Crippen LogP contribution in [0.3, 0.4) is 0 Å². The fourth-order valence-corrected chi connectivity index (χ4v) is 1.69. The van der Waals surface area contributed by atoms with Gasteiger partial charge >= 0.3 is 11.8 Å². The first kappa shape index (κ1) is 14.2. The lowest BCUT2D eigenvalue weighted by Gasteiger charge is -2.10. The molecule has 0 atom stereocenters. The molecule has 7 heteroatoms. The quantitative estimate of drug-likeness (QED) is 0.400. The van der Waals surface area contributed by atoms with Crippen LogP contribution < -0.4 is 5.73 Å². The van der Waals surface area contributed by atoms with Crippen LogP contribution in [-0.2, 0) is 0 Å². The minimum atomic E-state index is -1.03. The molecule has 0 aliphatic carbocycles. The van der Waals surface area contributed by atoms with E-state index in [-0.39, 0.29) is 16.1 Å². The second-order valence-corrected chi connectivity index (χ2v) is 4.15. The number of anilines is 1. The highest BCUT2D eigenvalue weighted by molar-refractivity contribution is 6.09. The molecular weight excluding hydrogens is 274 g/mol. The van der Waals surface area contributed by atoms with Crippen molar-refractivity contribution in [3.05, 3.63) is 75.8 Å². The number of hydrazine groups is 1. The van der Waals surface area contributed by atoms with E-state index in [9.17, 15) is 19.7 Å². The highest BCUT2D eigenvalue weighted by Gasteiger charge is 2.34. The first-order valence-corrected chi connectivity index (χ1v) is 5.94. The Morgan fingerprint density at radius 1 is 0.905 bits per heavy atom. The summed E-state index contributed by atoms with van der Waals surface area (Å²) in [5.74, 6) is -2.02. The van der Waals surface area contributed by atoms with Crippen LogP contribution in [-0.4, -0.2) is 21.9 Å². The van der Waals surface area contributed by atoms with E-state index in [0.717, 1.165) is 0 Å². The van der Waals surface area contributed by atoms with Crippen molar-refractivity contribution in [2.24, 2.45) is 0 Å². The van der Waals surface area contributed by atoms with E-state index < -0.39 is 16.8 Å². The molecule has 0 heterocycles. The topological polar surface area (TPSA) is 107 Å². The van der Waals surface area contributed by atoms with Gasteiger partial charge in [-0.1, -0.05) is 18.2 Å². The Morgan fingerprint density at radius 2 is 1.38 bits per heavy atom. The highest BCUT2D eigenvalue weighted by atomic mass is 16.7. The monoisotopic (exact) mass is 285 g/mol. The maximum Gasteiger partial charge on any atom is 0.323 e. The molecule has 2 amide bonds. The standard InChI is InChI=1S/C14H11N3O4/c15-12-8-6-11(7-9-12)14(19)16(17(20)21)13(18)10-4-2-1-3-5-10/h1-9H,15H2. The fraction of sp³-hybridized carbons (Fsp3) is 0. The van der Waals surface area contributed by atoms with Gasteiger partial charge in [-0.2, -0.15) is 0 Å². The SMILES string of the molecule is Nc1ccc(C(=O)N(C(=O)c2ccccc2)[N+](=O)[O-])cc1. The van der Waals surface area contributed by atoms with E-state index >= 15 is 0 Å². The number of amides is 2. The van der Waals surface area contributed by atoms with Crippen LogP contribution in [0.4, 0.5) is 5.69 Å². The summed E-state index contributed by atoms with van der Waals surface area (Å²) in [6, 6.07) is 13.1. The summed E-state index contributed by atoms with van der Waals surface area (Å²) in [5.41, 5.74) is 5.96. The molecule has 7 nitrogen and oxygen atoms in total. The van der Waals surface area contributed by atoms with Gasteiger partial charge in [0.25, 0.3) is 0 Å². The predicted octanol–water partition coefficient (Wildman–Crippen LogP) is 1.74. The van der Waals surface area contributed by atoms with Crippen LogP contribution in [0.25, 0.3) is 0 Å². The molecule has 0 radical (unpaired) electrons. The molecule has 0 saturated heterocycles. The van der Waals surface area contributed by atoms with Crippen molar-refractivity contribution in [1.29, 1.82) is 0 Å². The summed E-state index contributed by atoms with van der Waals surface area (Å²) in [5, 5.41) is 10.0. The van der Waals surface area contributed by atoms with E-state index in [1.807, 2.05) is 0 Å². The summed E-state index contributed by atoms with van der Waals surface area (Å²) in [4.78, 5) is 35.3. The molecule has 2 rings (SSSR count). The summed E-state index contributed by atoms with van der Waals surface area (Å²) < 4.78 is 0. The van der Waals surface area contributed by atoms with Gasteiger partial charge in [-0.05, 0) is 36.4 Å². The smallest absolute Gasteiger partial charge is 0.323 e. The van der Waals surface area contributed by atoms with Gasteiger partial charge in [0.05, 0.1) is 0 Å². The molecule has 21 heavy (non-hydrogen) atoms. The molecule has 0 fully saturated rings. The zero-order valence-electron chi connectivity index (χ0n) is 10.8. The average molecular weight is 285 g/mol. The molecule has 0 bridgehead atoms. The van der Waals surface area contributed by atoms with Crippen molar-refractivity contribution in [2.45, 2.75) is 0 Å². The normalized spacial score (nSPS) is 9.90. The van der Waals surface area contributed by atoms with E-state index in [2.05, 4.69) is 0 Å². The summed E-state index contributed by atoms with van der Waals surface area (Å²) >= 11 is 0. The predicted molar refractivity (Wildman–Crippen MR) is 74.8 cm³/mol. The lowest BCUT2D eigenvalue weighted by Crippen LogP contribution is -2.41. The fourth-order valence-electron chi connectivity index (χ4n) is 1.69. The minimum Gasteiger partial charge on any atom is -0.399 e. The van der Waals surface area contributed by atoms with Gasteiger partial charge in [-0.15, -0.1) is 0 Å². The van der Waals surface area contributed by atoms with Gasteiger partial charge in [-0.25, -0.2) is 10.1 Å². The highest BCUT2D eigenvalue weighted by Crippen LogP contribution is 2.12. The molecule has 2 aromatic rings. The number of hydrogen-bond donors (Lipinski definition) is 1. The number of benzene rings is 2. The van der Waals surface area contributed by atoms with Gasteiger partial charge in [0, 0.05) is 21.8 Å². The molecule has 0 saturated carbocycles. The number of nitrogen functional groups attached to an aromatic ring is 1.